The molecular formula is C26H26N2O5S. The summed E-state index contributed by atoms with van der Waals surface area (Å²) in [6.07, 6.45) is 1.54. The molecule has 4 aromatic rings. The monoisotopic (exact) mass is 478 g/mol. The van der Waals surface area contributed by atoms with Crippen molar-refractivity contribution in [2.45, 2.75) is 43.0 Å². The van der Waals surface area contributed by atoms with Crippen LogP contribution in [-0.4, -0.2) is 35.6 Å². The largest absolute Gasteiger partial charge is 0.507 e. The average molecular weight is 479 g/mol. The molecule has 5 N–H and O–H groups in total. The Hall–Kier alpha value is -3.62. The molecule has 34 heavy (non-hydrogen) atoms. The minimum Gasteiger partial charge on any atom is -0.507 e. The van der Waals surface area contributed by atoms with Crippen molar-refractivity contribution in [1.82, 2.24) is 4.98 Å². The van der Waals surface area contributed by atoms with E-state index in [1.54, 1.807) is 56.3 Å². The summed E-state index contributed by atoms with van der Waals surface area (Å²) in [4.78, 5) is 14.8. The third-order valence-electron chi connectivity index (χ3n) is 6.13. The van der Waals surface area contributed by atoms with E-state index >= 15 is 0 Å². The Bertz CT molecular complexity index is 1520. The van der Waals surface area contributed by atoms with Gasteiger partial charge in [0.2, 0.25) is 9.84 Å². The van der Waals surface area contributed by atoms with E-state index in [4.69, 9.17) is 5.73 Å². The van der Waals surface area contributed by atoms with E-state index in [0.29, 0.717) is 38.7 Å². The number of sulfone groups is 1. The van der Waals surface area contributed by atoms with Crippen LogP contribution in [0.2, 0.25) is 0 Å². The number of aromatic amines is 1. The number of nitrogens with two attached hydrogens (primary N) is 1. The molecule has 0 aliphatic rings. The molecule has 3 aromatic carbocycles. The number of phenols is 1. The Balaban J connectivity index is 1.91. The number of nitrogens with one attached hydrogen (secondary N) is 1. The number of carboxylic acid groups (broad SMARTS) is 1. The third-order valence-corrected chi connectivity index (χ3v) is 7.94. The minimum absolute atomic E-state index is 0.0618. The molecule has 4 rings (SSSR count). The molecule has 7 nitrogen and oxygen atoms in total. The molecule has 0 amide bonds. The molecular weight excluding hydrogens is 452 g/mol. The van der Waals surface area contributed by atoms with Gasteiger partial charge in [-0.25, -0.2) is 8.42 Å². The molecule has 0 saturated heterocycles. The first-order chi connectivity index (χ1) is 16.0. The highest BCUT2D eigenvalue weighted by molar-refractivity contribution is 7.91. The second-order valence-electron chi connectivity index (χ2n) is 8.58. The van der Waals surface area contributed by atoms with Crippen molar-refractivity contribution in [3.8, 4) is 16.9 Å². The molecule has 0 aliphatic carbocycles. The number of rotatable bonds is 6. The van der Waals surface area contributed by atoms with Crippen LogP contribution in [0, 0.1) is 20.8 Å². The number of aromatic nitrogens is 1. The van der Waals surface area contributed by atoms with Crippen molar-refractivity contribution in [2.24, 2.45) is 5.73 Å². The Morgan fingerprint density at radius 2 is 1.74 bits per heavy atom. The molecule has 1 aromatic heterocycles. The predicted octanol–water partition coefficient (Wildman–Crippen LogP) is 4.25. The molecule has 1 heterocycles. The maximum Gasteiger partial charge on any atom is 0.320 e. The van der Waals surface area contributed by atoms with Gasteiger partial charge in [0.1, 0.15) is 11.8 Å². The zero-order valence-corrected chi connectivity index (χ0v) is 19.9. The number of aromatic hydroxyl groups is 1. The standard InChI is InChI=1S/C26H26N2O5S/c1-14-4-7-19(8-5-14)34(32,33)23-13-28-22-9-6-17(11-20(22)23)24-16(3)25(29)15(2)10-18(24)12-21(27)26(30)31/h4-11,13,21,28-29H,12,27H2,1-3H3,(H,30,31)/t21-/m0/s1. The zero-order valence-electron chi connectivity index (χ0n) is 19.1. The number of fused-ring (bicyclic) bond motifs is 1. The summed E-state index contributed by atoms with van der Waals surface area (Å²) in [5.41, 5.74) is 10.6. The van der Waals surface area contributed by atoms with Gasteiger partial charge in [-0.15, -0.1) is 0 Å². The van der Waals surface area contributed by atoms with E-state index < -0.39 is 21.8 Å². The molecule has 0 bridgehead atoms. The summed E-state index contributed by atoms with van der Waals surface area (Å²) < 4.78 is 26.8. The number of hydrogen-bond acceptors (Lipinski definition) is 5. The second kappa shape index (κ2) is 8.62. The number of carbonyl (C=O) groups is 1. The van der Waals surface area contributed by atoms with Crippen molar-refractivity contribution in [3.05, 3.63) is 77.0 Å². The highest BCUT2D eigenvalue weighted by Gasteiger charge is 2.24. The molecule has 0 saturated carbocycles. The predicted molar refractivity (Wildman–Crippen MR) is 131 cm³/mol. The molecule has 8 heteroatoms. The first kappa shape index (κ1) is 23.5. The van der Waals surface area contributed by atoms with Gasteiger partial charge in [-0.3, -0.25) is 4.79 Å². The topological polar surface area (TPSA) is 133 Å². The fraction of sp³-hybridized carbons (Fsp3) is 0.192. The van der Waals surface area contributed by atoms with Crippen LogP contribution in [0.15, 0.2) is 64.5 Å². The fourth-order valence-electron chi connectivity index (χ4n) is 4.26. The Kier molecular flexibility index (Phi) is 5.97. The lowest BCUT2D eigenvalue weighted by molar-refractivity contribution is -0.138. The summed E-state index contributed by atoms with van der Waals surface area (Å²) in [7, 11) is -3.78. The van der Waals surface area contributed by atoms with Gasteiger partial charge in [-0.05, 0) is 79.3 Å². The van der Waals surface area contributed by atoms with Crippen LogP contribution in [0.1, 0.15) is 22.3 Å². The first-order valence-corrected chi connectivity index (χ1v) is 12.2. The van der Waals surface area contributed by atoms with Gasteiger partial charge in [0.05, 0.1) is 9.79 Å². The van der Waals surface area contributed by atoms with Crippen LogP contribution in [0.25, 0.3) is 22.0 Å². The van der Waals surface area contributed by atoms with E-state index in [9.17, 15) is 23.4 Å². The highest BCUT2D eigenvalue weighted by Crippen LogP contribution is 2.38. The van der Waals surface area contributed by atoms with Gasteiger partial charge in [0, 0.05) is 17.1 Å². The number of H-pyrrole nitrogens is 1. The van der Waals surface area contributed by atoms with Crippen LogP contribution in [0.4, 0.5) is 0 Å². The smallest absolute Gasteiger partial charge is 0.320 e. The van der Waals surface area contributed by atoms with E-state index in [1.165, 1.54) is 6.20 Å². The van der Waals surface area contributed by atoms with Gasteiger partial charge >= 0.3 is 5.97 Å². The fourth-order valence-corrected chi connectivity index (χ4v) is 5.68. The van der Waals surface area contributed by atoms with Gasteiger partial charge in [-0.1, -0.05) is 29.8 Å². The van der Waals surface area contributed by atoms with Crippen molar-refractivity contribution in [2.75, 3.05) is 0 Å². The van der Waals surface area contributed by atoms with Crippen molar-refractivity contribution >= 4 is 26.7 Å². The Morgan fingerprint density at radius 3 is 2.38 bits per heavy atom. The summed E-state index contributed by atoms with van der Waals surface area (Å²) >= 11 is 0. The molecule has 176 valence electrons. The summed E-state index contributed by atoms with van der Waals surface area (Å²) in [5, 5.41) is 20.4. The first-order valence-electron chi connectivity index (χ1n) is 10.7. The molecule has 1 atom stereocenters. The lowest BCUT2D eigenvalue weighted by Gasteiger charge is -2.18. The third kappa shape index (κ3) is 4.06. The molecule has 0 aliphatic heterocycles. The lowest BCUT2D eigenvalue weighted by atomic mass is 9.89. The number of aliphatic carboxylic acids is 1. The highest BCUT2D eigenvalue weighted by atomic mass is 32.2. The number of aryl methyl sites for hydroxylation is 2. The zero-order chi connectivity index (χ0) is 24.8. The van der Waals surface area contributed by atoms with Crippen LogP contribution in [0.3, 0.4) is 0 Å². The SMILES string of the molecule is Cc1ccc(S(=O)(=O)c2c[nH]c3ccc(-c4c(C[C@H](N)C(=O)O)cc(C)c(O)c4C)cc23)cc1. The molecule has 0 radical (unpaired) electrons. The van der Waals surface area contributed by atoms with Crippen molar-refractivity contribution < 1.29 is 23.4 Å². The van der Waals surface area contributed by atoms with Crippen LogP contribution < -0.4 is 5.73 Å². The van der Waals surface area contributed by atoms with Crippen LogP contribution in [0.5, 0.6) is 5.75 Å². The van der Waals surface area contributed by atoms with Crippen molar-refractivity contribution in [1.29, 1.82) is 0 Å². The lowest BCUT2D eigenvalue weighted by Crippen LogP contribution is -2.32. The number of phenolic OH excluding ortho intramolecular Hbond substituents is 1. The van der Waals surface area contributed by atoms with Gasteiger partial charge in [0.25, 0.3) is 0 Å². The van der Waals surface area contributed by atoms with E-state index in [0.717, 1.165) is 5.56 Å². The molecule has 0 spiro atoms. The number of carboxylic acids is 1. The van der Waals surface area contributed by atoms with Crippen LogP contribution in [-0.2, 0) is 21.1 Å². The number of benzene rings is 3. The van der Waals surface area contributed by atoms with Gasteiger partial charge < -0.3 is 20.9 Å². The molecule has 0 unspecified atom stereocenters. The van der Waals surface area contributed by atoms with Gasteiger partial charge in [0.15, 0.2) is 0 Å². The summed E-state index contributed by atoms with van der Waals surface area (Å²) in [5.74, 6) is -1.02. The van der Waals surface area contributed by atoms with Gasteiger partial charge in [-0.2, -0.15) is 0 Å². The number of hydrogen-bond donors (Lipinski definition) is 4. The quantitative estimate of drug-likeness (QED) is 0.327. The summed E-state index contributed by atoms with van der Waals surface area (Å²) in [6, 6.07) is 12.6. The maximum absolute atomic E-state index is 13.4. The van der Waals surface area contributed by atoms with E-state index in [1.807, 2.05) is 13.0 Å². The Labute approximate surface area is 197 Å². The second-order valence-corrected chi connectivity index (χ2v) is 10.5. The minimum atomic E-state index is -3.78. The van der Waals surface area contributed by atoms with Crippen molar-refractivity contribution in [3.63, 3.8) is 0 Å². The average Bonchev–Trinajstić information content (AvgIpc) is 3.22. The molecule has 0 fully saturated rings. The summed E-state index contributed by atoms with van der Waals surface area (Å²) in [6.45, 7) is 5.38. The van der Waals surface area contributed by atoms with E-state index in [-0.39, 0.29) is 22.0 Å². The van der Waals surface area contributed by atoms with E-state index in [2.05, 4.69) is 4.98 Å². The normalized spacial score (nSPS) is 12.7. The Morgan fingerprint density at radius 1 is 1.06 bits per heavy atom. The van der Waals surface area contributed by atoms with Crippen LogP contribution >= 0.6 is 0 Å². The maximum atomic E-state index is 13.4.